The number of morpholine rings is 1. The molecule has 1 saturated carbocycles. The van der Waals surface area contributed by atoms with Gasteiger partial charge >= 0.3 is 0 Å². The number of hydrogen-bond donors (Lipinski definition) is 3. The minimum atomic E-state index is -0.240. The highest BCUT2D eigenvalue weighted by atomic mass is 19.1. The van der Waals surface area contributed by atoms with Crippen molar-refractivity contribution in [3.05, 3.63) is 35.6 Å². The maximum absolute atomic E-state index is 13.4. The molecule has 0 bridgehead atoms. The zero-order valence-electron chi connectivity index (χ0n) is 18.5. The molecule has 1 aromatic rings. The molecule has 2 fully saturated rings. The zero-order valence-corrected chi connectivity index (χ0v) is 18.5. The average Bonchev–Trinajstić information content (AvgIpc) is 2.80. The first-order valence-corrected chi connectivity index (χ1v) is 11.5. The Hall–Kier alpha value is -2.19. The van der Waals surface area contributed by atoms with E-state index in [4.69, 9.17) is 4.74 Å². The van der Waals surface area contributed by atoms with E-state index in [-0.39, 0.29) is 30.4 Å². The lowest BCUT2D eigenvalue weighted by Gasteiger charge is -2.35. The molecule has 0 spiro atoms. The van der Waals surface area contributed by atoms with Gasteiger partial charge in [-0.15, -0.1) is 0 Å². The van der Waals surface area contributed by atoms with Gasteiger partial charge in [-0.2, -0.15) is 0 Å². The van der Waals surface area contributed by atoms with Crippen LogP contribution in [0.4, 0.5) is 4.39 Å². The number of ether oxygens (including phenoxy) is 1. The van der Waals surface area contributed by atoms with Crippen LogP contribution in [0.2, 0.25) is 0 Å². The van der Waals surface area contributed by atoms with E-state index in [9.17, 15) is 9.18 Å². The molecule has 7 nitrogen and oxygen atoms in total. The van der Waals surface area contributed by atoms with E-state index in [2.05, 4.69) is 25.8 Å². The first-order chi connectivity index (χ1) is 15.2. The van der Waals surface area contributed by atoms with Crippen LogP contribution in [0.5, 0.6) is 0 Å². The van der Waals surface area contributed by atoms with Gasteiger partial charge in [0.2, 0.25) is 5.91 Å². The van der Waals surface area contributed by atoms with Crippen LogP contribution in [-0.2, 0) is 9.53 Å². The second kappa shape index (κ2) is 12.6. The largest absolute Gasteiger partial charge is 0.379 e. The summed E-state index contributed by atoms with van der Waals surface area (Å²) in [7, 11) is 0. The minimum absolute atomic E-state index is 0.0348. The van der Waals surface area contributed by atoms with Crippen molar-refractivity contribution in [2.45, 2.75) is 51.1 Å². The van der Waals surface area contributed by atoms with Crippen LogP contribution >= 0.6 is 0 Å². The zero-order chi connectivity index (χ0) is 21.9. The maximum Gasteiger partial charge on any atom is 0.242 e. The van der Waals surface area contributed by atoms with Crippen LogP contribution in [0, 0.1) is 5.82 Å². The third-order valence-electron chi connectivity index (χ3n) is 5.90. The smallest absolute Gasteiger partial charge is 0.242 e. The van der Waals surface area contributed by atoms with Crippen LogP contribution in [0.15, 0.2) is 29.3 Å². The van der Waals surface area contributed by atoms with E-state index >= 15 is 0 Å². The van der Waals surface area contributed by atoms with E-state index in [1.165, 1.54) is 31.4 Å². The average molecular weight is 434 g/mol. The number of guanidine groups is 1. The number of nitrogens with one attached hydrogen (secondary N) is 3. The summed E-state index contributed by atoms with van der Waals surface area (Å²) < 4.78 is 18.9. The molecule has 0 radical (unpaired) electrons. The Morgan fingerprint density at radius 2 is 1.87 bits per heavy atom. The highest BCUT2D eigenvalue weighted by Crippen LogP contribution is 2.21. The van der Waals surface area contributed by atoms with Crippen molar-refractivity contribution in [1.82, 2.24) is 20.9 Å². The van der Waals surface area contributed by atoms with Crippen molar-refractivity contribution >= 4 is 11.9 Å². The predicted molar refractivity (Wildman–Crippen MR) is 121 cm³/mol. The van der Waals surface area contributed by atoms with Crippen molar-refractivity contribution in [1.29, 1.82) is 0 Å². The third-order valence-corrected chi connectivity index (χ3v) is 5.90. The van der Waals surface area contributed by atoms with Gasteiger partial charge in [-0.3, -0.25) is 9.69 Å². The van der Waals surface area contributed by atoms with Gasteiger partial charge in [0, 0.05) is 32.2 Å². The van der Waals surface area contributed by atoms with E-state index < -0.39 is 0 Å². The number of carbonyl (C=O) groups is 1. The summed E-state index contributed by atoms with van der Waals surface area (Å²) in [6, 6.07) is 7.01. The number of aliphatic imine (C=N–C) groups is 1. The summed E-state index contributed by atoms with van der Waals surface area (Å²) in [5.74, 6) is 0.338. The summed E-state index contributed by atoms with van der Waals surface area (Å²) >= 11 is 0. The lowest BCUT2D eigenvalue weighted by Crippen LogP contribution is -2.46. The molecular formula is C23H36FN5O2. The van der Waals surface area contributed by atoms with Crippen molar-refractivity contribution in [3.63, 3.8) is 0 Å². The number of halogens is 1. The molecule has 1 aromatic carbocycles. The number of nitrogens with zero attached hydrogens (tertiary/aromatic N) is 2. The molecule has 0 aromatic heterocycles. The summed E-state index contributed by atoms with van der Waals surface area (Å²) in [5.41, 5.74) is 1.04. The first kappa shape index (κ1) is 23.5. The molecule has 8 heteroatoms. The fourth-order valence-electron chi connectivity index (χ4n) is 4.24. The monoisotopic (exact) mass is 433 g/mol. The van der Waals surface area contributed by atoms with Crippen molar-refractivity contribution in [3.8, 4) is 0 Å². The summed E-state index contributed by atoms with van der Waals surface area (Å²) in [6.07, 6.45) is 5.76. The van der Waals surface area contributed by atoms with Crippen molar-refractivity contribution < 1.29 is 13.9 Å². The van der Waals surface area contributed by atoms with Crippen molar-refractivity contribution in [2.75, 3.05) is 45.9 Å². The molecule has 3 rings (SSSR count). The molecule has 1 atom stereocenters. The van der Waals surface area contributed by atoms with Gasteiger partial charge in [0.15, 0.2) is 5.96 Å². The van der Waals surface area contributed by atoms with Gasteiger partial charge in [0.25, 0.3) is 0 Å². The molecule has 1 heterocycles. The molecule has 1 aliphatic carbocycles. The lowest BCUT2D eigenvalue weighted by atomic mass is 9.95. The van der Waals surface area contributed by atoms with Gasteiger partial charge in [-0.05, 0) is 37.5 Å². The van der Waals surface area contributed by atoms with Gasteiger partial charge in [0.1, 0.15) is 12.4 Å². The summed E-state index contributed by atoms with van der Waals surface area (Å²) in [6.45, 7) is 6.42. The van der Waals surface area contributed by atoms with Gasteiger partial charge in [0.05, 0.1) is 19.3 Å². The molecule has 2 aliphatic rings. The molecule has 3 N–H and O–H groups in total. The Kier molecular flexibility index (Phi) is 9.55. The Balaban J connectivity index is 1.59. The second-order valence-corrected chi connectivity index (χ2v) is 8.19. The highest BCUT2D eigenvalue weighted by Gasteiger charge is 2.23. The van der Waals surface area contributed by atoms with Gasteiger partial charge in [-0.25, -0.2) is 9.38 Å². The van der Waals surface area contributed by atoms with E-state index in [0.29, 0.717) is 32.3 Å². The Labute approximate surface area is 184 Å². The van der Waals surface area contributed by atoms with E-state index in [1.54, 1.807) is 0 Å². The molecule has 31 heavy (non-hydrogen) atoms. The fraction of sp³-hybridized carbons (Fsp3) is 0.652. The van der Waals surface area contributed by atoms with Crippen molar-refractivity contribution in [2.24, 2.45) is 4.99 Å². The van der Waals surface area contributed by atoms with Crippen LogP contribution in [-0.4, -0.2) is 68.7 Å². The number of carbonyl (C=O) groups excluding carboxylic acids is 1. The topological polar surface area (TPSA) is 78.0 Å². The van der Waals surface area contributed by atoms with Crippen LogP contribution in [0.1, 0.15) is 50.6 Å². The normalized spacial score (nSPS) is 19.6. The molecule has 1 unspecified atom stereocenters. The Morgan fingerprint density at radius 1 is 1.16 bits per heavy atom. The maximum atomic E-state index is 13.4. The van der Waals surface area contributed by atoms with E-state index in [0.717, 1.165) is 31.5 Å². The molecule has 1 aliphatic heterocycles. The Morgan fingerprint density at radius 3 is 2.55 bits per heavy atom. The summed E-state index contributed by atoms with van der Waals surface area (Å²) in [5, 5.41) is 9.69. The van der Waals surface area contributed by atoms with Crippen LogP contribution in [0.25, 0.3) is 0 Å². The quantitative estimate of drug-likeness (QED) is 0.433. The molecule has 1 saturated heterocycles. The fourth-order valence-corrected chi connectivity index (χ4v) is 4.24. The number of hydrogen-bond acceptors (Lipinski definition) is 4. The second-order valence-electron chi connectivity index (χ2n) is 8.19. The number of rotatable bonds is 8. The standard InChI is InChI=1S/C23H36FN5O2/c1-2-25-23(27-17-22(30)28-20-6-4-3-5-7-20)26-16-21(29-12-14-31-15-13-29)18-8-10-19(24)11-9-18/h8-11,20-21H,2-7,12-17H2,1H3,(H,28,30)(H2,25,26,27). The first-order valence-electron chi connectivity index (χ1n) is 11.5. The Bertz CT molecular complexity index is 700. The summed E-state index contributed by atoms with van der Waals surface area (Å²) in [4.78, 5) is 19.1. The van der Waals surface area contributed by atoms with E-state index in [1.807, 2.05) is 19.1 Å². The number of benzene rings is 1. The molecular weight excluding hydrogens is 397 g/mol. The predicted octanol–water partition coefficient (Wildman–Crippen LogP) is 2.20. The third kappa shape index (κ3) is 7.78. The van der Waals surface area contributed by atoms with Crippen LogP contribution < -0.4 is 16.0 Å². The lowest BCUT2D eigenvalue weighted by molar-refractivity contribution is -0.120. The SMILES string of the molecule is CCNC(=NCC(=O)NC1CCCCC1)NCC(c1ccc(F)cc1)N1CCOCC1. The highest BCUT2D eigenvalue weighted by molar-refractivity contribution is 5.85. The van der Waals surface area contributed by atoms with Crippen LogP contribution in [0.3, 0.4) is 0 Å². The minimum Gasteiger partial charge on any atom is -0.379 e. The molecule has 1 amide bonds. The van der Waals surface area contributed by atoms with Gasteiger partial charge in [-0.1, -0.05) is 31.4 Å². The van der Waals surface area contributed by atoms with Gasteiger partial charge < -0.3 is 20.7 Å². The number of amides is 1. The molecule has 172 valence electrons.